The summed E-state index contributed by atoms with van der Waals surface area (Å²) < 4.78 is 16.3. The lowest BCUT2D eigenvalue weighted by molar-refractivity contribution is -0.120. The van der Waals surface area contributed by atoms with Crippen LogP contribution < -0.4 is 14.8 Å². The predicted octanol–water partition coefficient (Wildman–Crippen LogP) is 3.41. The number of likely N-dealkylation sites (N-methyl/N-ethyl adjacent to an activating group) is 1. The van der Waals surface area contributed by atoms with Crippen molar-refractivity contribution in [2.24, 2.45) is 0 Å². The summed E-state index contributed by atoms with van der Waals surface area (Å²) in [6.07, 6.45) is 1.89. The number of ether oxygens (including phenoxy) is 2. The van der Waals surface area contributed by atoms with Gasteiger partial charge >= 0.3 is 0 Å². The van der Waals surface area contributed by atoms with Gasteiger partial charge in [0.25, 0.3) is 0 Å². The summed E-state index contributed by atoms with van der Waals surface area (Å²) >= 11 is 0. The first-order valence-electron chi connectivity index (χ1n) is 9.13. The summed E-state index contributed by atoms with van der Waals surface area (Å²) in [4.78, 5) is 14.6. The lowest BCUT2D eigenvalue weighted by atomic mass is 10.0. The van der Waals surface area contributed by atoms with E-state index >= 15 is 0 Å². The predicted molar refractivity (Wildman–Crippen MR) is 109 cm³/mol. The number of para-hydroxylation sites is 1. The fourth-order valence-electron chi connectivity index (χ4n) is 3.29. The minimum atomic E-state index is -0.0553. The lowest BCUT2D eigenvalue weighted by Crippen LogP contribution is -2.35. The Morgan fingerprint density at radius 1 is 1.14 bits per heavy atom. The molecule has 1 atom stereocenters. The Morgan fingerprint density at radius 2 is 1.93 bits per heavy atom. The molecule has 2 aromatic carbocycles. The van der Waals surface area contributed by atoms with E-state index in [0.717, 1.165) is 28.0 Å². The van der Waals surface area contributed by atoms with Crippen molar-refractivity contribution in [1.29, 1.82) is 0 Å². The van der Waals surface area contributed by atoms with Crippen LogP contribution in [-0.4, -0.2) is 45.7 Å². The van der Waals surface area contributed by atoms with Gasteiger partial charge in [0.05, 0.1) is 32.9 Å². The van der Waals surface area contributed by atoms with Gasteiger partial charge in [0.15, 0.2) is 0 Å². The van der Waals surface area contributed by atoms with Crippen LogP contribution in [0.5, 0.6) is 11.5 Å². The molecule has 3 rings (SSSR count). The highest BCUT2D eigenvalue weighted by Gasteiger charge is 2.19. The Bertz CT molecular complexity index is 949. The van der Waals surface area contributed by atoms with Crippen LogP contribution in [0.3, 0.4) is 0 Å². The van der Waals surface area contributed by atoms with E-state index in [1.165, 1.54) is 0 Å². The Hall–Kier alpha value is -2.99. The molecular formula is C22H26N2O4. The van der Waals surface area contributed by atoms with E-state index < -0.39 is 0 Å². The smallest absolute Gasteiger partial charge is 0.224 e. The first-order valence-corrected chi connectivity index (χ1v) is 9.13. The summed E-state index contributed by atoms with van der Waals surface area (Å²) in [6.45, 7) is 0.482. The molecule has 0 saturated heterocycles. The summed E-state index contributed by atoms with van der Waals surface area (Å²) in [6, 6.07) is 13.5. The van der Waals surface area contributed by atoms with Gasteiger partial charge in [-0.3, -0.25) is 4.79 Å². The molecule has 0 saturated carbocycles. The van der Waals surface area contributed by atoms with E-state index in [0.29, 0.717) is 12.1 Å². The zero-order valence-electron chi connectivity index (χ0n) is 16.7. The molecule has 0 aliphatic rings. The molecule has 1 amide bonds. The number of hydrogen-bond donors (Lipinski definition) is 1. The van der Waals surface area contributed by atoms with Crippen LogP contribution in [-0.2, 0) is 11.2 Å². The number of amides is 1. The van der Waals surface area contributed by atoms with Gasteiger partial charge in [-0.25, -0.2) is 0 Å². The van der Waals surface area contributed by atoms with E-state index in [1.807, 2.05) is 56.6 Å². The number of benzene rings is 2. The van der Waals surface area contributed by atoms with Crippen molar-refractivity contribution in [2.45, 2.75) is 12.5 Å². The normalized spacial score (nSPS) is 12.2. The maximum absolute atomic E-state index is 12.6. The van der Waals surface area contributed by atoms with Crippen LogP contribution in [0.2, 0.25) is 0 Å². The molecule has 0 bridgehead atoms. The van der Waals surface area contributed by atoms with Crippen molar-refractivity contribution in [1.82, 2.24) is 10.2 Å². The SMILES string of the molecule is COc1ccc2c(CC(=O)NC[C@@H](c3ccccc3OC)N(C)C)coc2c1. The Morgan fingerprint density at radius 3 is 2.64 bits per heavy atom. The van der Waals surface area contributed by atoms with Crippen LogP contribution in [0.25, 0.3) is 11.0 Å². The molecule has 1 heterocycles. The summed E-state index contributed by atoms with van der Waals surface area (Å²) in [5, 5.41) is 3.96. The number of carbonyl (C=O) groups is 1. The zero-order valence-corrected chi connectivity index (χ0v) is 16.7. The highest BCUT2D eigenvalue weighted by molar-refractivity contribution is 5.88. The topological polar surface area (TPSA) is 63.9 Å². The molecule has 1 N–H and O–H groups in total. The molecular weight excluding hydrogens is 356 g/mol. The van der Waals surface area contributed by atoms with Crippen molar-refractivity contribution >= 4 is 16.9 Å². The van der Waals surface area contributed by atoms with Crippen molar-refractivity contribution in [3.05, 3.63) is 59.9 Å². The van der Waals surface area contributed by atoms with E-state index in [2.05, 4.69) is 10.2 Å². The molecule has 148 valence electrons. The Kier molecular flexibility index (Phi) is 6.21. The standard InChI is InChI=1S/C22H26N2O4/c1-24(2)19(18-7-5-6-8-20(18)27-4)13-23-22(25)11-15-14-28-21-12-16(26-3)9-10-17(15)21/h5-10,12,14,19H,11,13H2,1-4H3,(H,23,25)/t19-/m0/s1. The third kappa shape index (κ3) is 4.28. The molecule has 0 fully saturated rings. The fraction of sp³-hybridized carbons (Fsp3) is 0.318. The maximum Gasteiger partial charge on any atom is 0.224 e. The quantitative estimate of drug-likeness (QED) is 0.647. The first kappa shape index (κ1) is 19.8. The van der Waals surface area contributed by atoms with Crippen molar-refractivity contribution in [3.8, 4) is 11.5 Å². The minimum Gasteiger partial charge on any atom is -0.497 e. The van der Waals surface area contributed by atoms with Crippen LogP contribution >= 0.6 is 0 Å². The monoisotopic (exact) mass is 382 g/mol. The minimum absolute atomic E-state index is 0.00505. The molecule has 0 radical (unpaired) electrons. The third-order valence-electron chi connectivity index (χ3n) is 4.83. The Balaban J connectivity index is 1.69. The van der Waals surface area contributed by atoms with E-state index in [4.69, 9.17) is 13.9 Å². The van der Waals surface area contributed by atoms with Gasteiger partial charge in [-0.1, -0.05) is 18.2 Å². The zero-order chi connectivity index (χ0) is 20.1. The van der Waals surface area contributed by atoms with Gasteiger partial charge in [-0.05, 0) is 32.3 Å². The van der Waals surface area contributed by atoms with Gasteiger partial charge < -0.3 is 24.1 Å². The van der Waals surface area contributed by atoms with E-state index in [-0.39, 0.29) is 18.4 Å². The van der Waals surface area contributed by atoms with Gasteiger partial charge in [0.2, 0.25) is 5.91 Å². The molecule has 1 aromatic heterocycles. The van der Waals surface area contributed by atoms with Crippen LogP contribution in [0.4, 0.5) is 0 Å². The largest absolute Gasteiger partial charge is 0.497 e. The number of nitrogens with one attached hydrogen (secondary N) is 1. The van der Waals surface area contributed by atoms with Crippen LogP contribution in [0, 0.1) is 0 Å². The summed E-state index contributed by atoms with van der Waals surface area (Å²) in [7, 11) is 7.24. The second-order valence-corrected chi connectivity index (χ2v) is 6.83. The number of methoxy groups -OCH3 is 2. The number of hydrogen-bond acceptors (Lipinski definition) is 5. The van der Waals surface area contributed by atoms with Gasteiger partial charge in [0.1, 0.15) is 17.1 Å². The summed E-state index contributed by atoms with van der Waals surface area (Å²) in [5.41, 5.74) is 2.60. The van der Waals surface area contributed by atoms with E-state index in [1.54, 1.807) is 20.5 Å². The molecule has 28 heavy (non-hydrogen) atoms. The molecule has 0 spiro atoms. The lowest BCUT2D eigenvalue weighted by Gasteiger charge is -2.26. The molecule has 3 aromatic rings. The number of furan rings is 1. The van der Waals surface area contributed by atoms with Gasteiger partial charge in [-0.15, -0.1) is 0 Å². The average Bonchev–Trinajstić information content (AvgIpc) is 3.10. The Labute approximate surface area is 165 Å². The number of nitrogens with zero attached hydrogens (tertiary/aromatic N) is 1. The number of carbonyl (C=O) groups excluding carboxylic acids is 1. The van der Waals surface area contributed by atoms with Gasteiger partial charge in [0, 0.05) is 29.1 Å². The first-order chi connectivity index (χ1) is 13.5. The number of fused-ring (bicyclic) bond motifs is 1. The second kappa shape index (κ2) is 8.80. The fourth-order valence-corrected chi connectivity index (χ4v) is 3.29. The van der Waals surface area contributed by atoms with E-state index in [9.17, 15) is 4.79 Å². The van der Waals surface area contributed by atoms with Gasteiger partial charge in [-0.2, -0.15) is 0 Å². The summed E-state index contributed by atoms with van der Waals surface area (Å²) in [5.74, 6) is 1.48. The number of rotatable bonds is 8. The third-order valence-corrected chi connectivity index (χ3v) is 4.83. The molecule has 6 heteroatoms. The molecule has 0 aliphatic carbocycles. The molecule has 0 aliphatic heterocycles. The van der Waals surface area contributed by atoms with Crippen molar-refractivity contribution in [3.63, 3.8) is 0 Å². The van der Waals surface area contributed by atoms with Crippen molar-refractivity contribution < 1.29 is 18.7 Å². The van der Waals surface area contributed by atoms with Crippen LogP contribution in [0.15, 0.2) is 53.1 Å². The van der Waals surface area contributed by atoms with Crippen LogP contribution in [0.1, 0.15) is 17.2 Å². The highest BCUT2D eigenvalue weighted by Crippen LogP contribution is 2.28. The average molecular weight is 382 g/mol. The maximum atomic E-state index is 12.6. The molecule has 6 nitrogen and oxygen atoms in total. The van der Waals surface area contributed by atoms with Crippen molar-refractivity contribution in [2.75, 3.05) is 34.9 Å². The molecule has 0 unspecified atom stereocenters. The second-order valence-electron chi connectivity index (χ2n) is 6.83. The highest BCUT2D eigenvalue weighted by atomic mass is 16.5.